The van der Waals surface area contributed by atoms with Gasteiger partial charge in [-0.25, -0.2) is 0 Å². The van der Waals surface area contributed by atoms with E-state index in [1.165, 1.54) is 27.3 Å². The Hall–Kier alpha value is -3.09. The molecule has 0 aromatic heterocycles. The Kier molecular flexibility index (Phi) is 5.72. The van der Waals surface area contributed by atoms with Crippen molar-refractivity contribution in [3.8, 4) is 0 Å². The zero-order valence-electron chi connectivity index (χ0n) is 18.8. The molecule has 0 N–H and O–H groups in total. The van der Waals surface area contributed by atoms with Gasteiger partial charge >= 0.3 is 0 Å². The molecule has 0 radical (unpaired) electrons. The van der Waals surface area contributed by atoms with Gasteiger partial charge in [-0.05, 0) is 55.5 Å². The van der Waals surface area contributed by atoms with E-state index < -0.39 is 7.26 Å². The maximum atomic E-state index is 2.59. The fourth-order valence-electron chi connectivity index (χ4n) is 5.01. The van der Waals surface area contributed by atoms with Crippen LogP contribution in [0.25, 0.3) is 0 Å². The van der Waals surface area contributed by atoms with Crippen LogP contribution in [0.5, 0.6) is 0 Å². The van der Waals surface area contributed by atoms with E-state index in [1.807, 2.05) is 0 Å². The van der Waals surface area contributed by atoms with E-state index >= 15 is 0 Å². The van der Waals surface area contributed by atoms with E-state index in [1.54, 1.807) is 0 Å². The van der Waals surface area contributed by atoms with Gasteiger partial charge in [-0.1, -0.05) is 66.7 Å². The Morgan fingerprint density at radius 1 is 0.594 bits per heavy atom. The maximum absolute atomic E-state index is 2.59. The smallest absolute Gasteiger partial charge is 0.127 e. The summed E-state index contributed by atoms with van der Waals surface area (Å²) in [4.78, 5) is 5.10. The number of rotatable bonds is 5. The average molecular weight is 438 g/mol. The third-order valence-corrected chi connectivity index (χ3v) is 10.8. The number of nitrogens with zero attached hydrogens (tertiary/aromatic N) is 2. The minimum Gasteiger partial charge on any atom is -0.350 e. The molecule has 160 valence electrons. The van der Waals surface area contributed by atoms with Crippen LogP contribution in [0.2, 0.25) is 0 Å². The fourth-order valence-corrected chi connectivity index (χ4v) is 8.44. The Morgan fingerprint density at radius 2 is 1.06 bits per heavy atom. The molecule has 0 spiro atoms. The molecule has 1 saturated heterocycles. The van der Waals surface area contributed by atoms with Crippen LogP contribution in [0.4, 0.5) is 11.4 Å². The van der Waals surface area contributed by atoms with Gasteiger partial charge in [0.15, 0.2) is 0 Å². The topological polar surface area (TPSA) is 6.48 Å². The Balaban J connectivity index is 1.62. The van der Waals surface area contributed by atoms with Crippen molar-refractivity contribution in [1.29, 1.82) is 0 Å². The summed E-state index contributed by atoms with van der Waals surface area (Å²) in [6.45, 7) is 6.87. The van der Waals surface area contributed by atoms with Crippen LogP contribution < -0.4 is 25.7 Å². The molecule has 0 saturated carbocycles. The first-order valence-corrected chi connectivity index (χ1v) is 13.6. The third kappa shape index (κ3) is 3.59. The van der Waals surface area contributed by atoms with Crippen LogP contribution in [0, 0.1) is 0 Å². The molecule has 1 heterocycles. The summed E-state index contributed by atoms with van der Waals surface area (Å²) in [5, 5.41) is 4.30. The minimum atomic E-state index is -1.79. The molecule has 0 aliphatic carbocycles. The first-order valence-electron chi connectivity index (χ1n) is 11.4. The maximum Gasteiger partial charge on any atom is 0.127 e. The second kappa shape index (κ2) is 8.81. The molecule has 1 aliphatic heterocycles. The summed E-state index contributed by atoms with van der Waals surface area (Å²) in [5.41, 5.74) is 2.66. The van der Waals surface area contributed by atoms with Gasteiger partial charge in [0.1, 0.15) is 23.2 Å². The van der Waals surface area contributed by atoms with Crippen LogP contribution >= 0.6 is 7.26 Å². The molecule has 1 unspecified atom stereocenters. The lowest BCUT2D eigenvalue weighted by Crippen LogP contribution is -2.40. The van der Waals surface area contributed by atoms with E-state index in [0.717, 1.165) is 13.1 Å². The summed E-state index contributed by atoms with van der Waals surface area (Å²) in [7, 11) is -1.79. The van der Waals surface area contributed by atoms with Gasteiger partial charge in [0.2, 0.25) is 0 Å². The highest BCUT2D eigenvalue weighted by molar-refractivity contribution is 7.95. The van der Waals surface area contributed by atoms with Crippen LogP contribution in [0.1, 0.15) is 6.92 Å². The quantitative estimate of drug-likeness (QED) is 0.392. The highest BCUT2D eigenvalue weighted by atomic mass is 31.2. The molecule has 4 aromatic carbocycles. The first-order chi connectivity index (χ1) is 15.7. The zero-order chi connectivity index (χ0) is 22.0. The first kappa shape index (κ1) is 20.8. The molecular formula is C29H30N2P+. The Morgan fingerprint density at radius 3 is 1.66 bits per heavy atom. The van der Waals surface area contributed by atoms with Gasteiger partial charge in [-0.2, -0.15) is 0 Å². The van der Waals surface area contributed by atoms with Crippen LogP contribution in [0.3, 0.4) is 0 Å². The van der Waals surface area contributed by atoms with E-state index in [9.17, 15) is 0 Å². The second-order valence-electron chi connectivity index (χ2n) is 8.52. The van der Waals surface area contributed by atoms with Crippen molar-refractivity contribution in [2.75, 3.05) is 29.6 Å². The SMILES string of the molecule is CC1N(c2ccccc2)CCN1c1ccccc1[P+](C)(c1ccccc1)c1ccccc1. The van der Waals surface area contributed by atoms with Crippen molar-refractivity contribution in [2.24, 2.45) is 0 Å². The molecule has 3 heteroatoms. The van der Waals surface area contributed by atoms with Gasteiger partial charge in [-0.3, -0.25) is 0 Å². The summed E-state index contributed by atoms with van der Waals surface area (Å²) < 4.78 is 0. The largest absolute Gasteiger partial charge is 0.350 e. The molecule has 1 atom stereocenters. The van der Waals surface area contributed by atoms with Crippen LogP contribution in [0.15, 0.2) is 115 Å². The fraction of sp³-hybridized carbons (Fsp3) is 0.172. The number of para-hydroxylation sites is 2. The lowest BCUT2D eigenvalue weighted by Gasteiger charge is -2.33. The monoisotopic (exact) mass is 437 g/mol. The molecule has 2 nitrogen and oxygen atoms in total. The van der Waals surface area contributed by atoms with E-state index in [0.29, 0.717) is 6.17 Å². The van der Waals surface area contributed by atoms with Crippen molar-refractivity contribution >= 4 is 34.6 Å². The van der Waals surface area contributed by atoms with Gasteiger partial charge in [0.25, 0.3) is 0 Å². The number of anilines is 2. The highest BCUT2D eigenvalue weighted by Gasteiger charge is 2.44. The molecule has 1 fully saturated rings. The van der Waals surface area contributed by atoms with Crippen molar-refractivity contribution in [1.82, 2.24) is 0 Å². The third-order valence-electron chi connectivity index (χ3n) is 6.79. The minimum absolute atomic E-state index is 0.304. The second-order valence-corrected chi connectivity index (χ2v) is 12.0. The van der Waals surface area contributed by atoms with Gasteiger partial charge in [0, 0.05) is 18.8 Å². The Labute approximate surface area is 192 Å². The Bertz CT molecular complexity index is 1120. The molecular weight excluding hydrogens is 407 g/mol. The number of hydrogen-bond acceptors (Lipinski definition) is 2. The molecule has 1 aliphatic rings. The molecule has 5 rings (SSSR count). The highest BCUT2D eigenvalue weighted by Crippen LogP contribution is 2.53. The van der Waals surface area contributed by atoms with E-state index in [4.69, 9.17) is 0 Å². The van der Waals surface area contributed by atoms with Crippen molar-refractivity contribution < 1.29 is 0 Å². The van der Waals surface area contributed by atoms with Crippen molar-refractivity contribution in [2.45, 2.75) is 13.1 Å². The van der Waals surface area contributed by atoms with Gasteiger partial charge < -0.3 is 9.80 Å². The zero-order valence-corrected chi connectivity index (χ0v) is 19.7. The predicted molar refractivity (Wildman–Crippen MR) is 142 cm³/mol. The normalized spacial score (nSPS) is 16.4. The summed E-state index contributed by atoms with van der Waals surface area (Å²) in [5.74, 6) is 0. The standard InChI is InChI=1S/C29H30N2P/c1-24-30(25-14-6-3-7-15-25)22-23-31(24)28-20-12-13-21-29(28)32(2,26-16-8-4-9-17-26)27-18-10-5-11-19-27/h3-21,24H,22-23H2,1-2H3/q+1. The average Bonchev–Trinajstić information content (AvgIpc) is 3.26. The summed E-state index contributed by atoms with van der Waals surface area (Å²) in [6.07, 6.45) is 0.304. The van der Waals surface area contributed by atoms with Gasteiger partial charge in [0.05, 0.1) is 18.5 Å². The predicted octanol–water partition coefficient (Wildman–Crippen LogP) is 5.28. The molecule has 32 heavy (non-hydrogen) atoms. The van der Waals surface area contributed by atoms with Gasteiger partial charge in [-0.15, -0.1) is 0 Å². The molecule has 0 bridgehead atoms. The van der Waals surface area contributed by atoms with E-state index in [-0.39, 0.29) is 0 Å². The van der Waals surface area contributed by atoms with Crippen LogP contribution in [-0.4, -0.2) is 25.9 Å². The number of benzene rings is 4. The van der Waals surface area contributed by atoms with Crippen LogP contribution in [-0.2, 0) is 0 Å². The van der Waals surface area contributed by atoms with Crippen molar-refractivity contribution in [3.05, 3.63) is 115 Å². The van der Waals surface area contributed by atoms with E-state index in [2.05, 4.69) is 139 Å². The molecule has 0 amide bonds. The molecule has 4 aromatic rings. The lowest BCUT2D eigenvalue weighted by molar-refractivity contribution is 0.734. The number of hydrogen-bond donors (Lipinski definition) is 0. The van der Waals surface area contributed by atoms with Crippen molar-refractivity contribution in [3.63, 3.8) is 0 Å². The summed E-state index contributed by atoms with van der Waals surface area (Å²) >= 11 is 0. The lowest BCUT2D eigenvalue weighted by atomic mass is 10.2. The summed E-state index contributed by atoms with van der Waals surface area (Å²) in [6, 6.07) is 42.0.